The molecule has 144 valence electrons. The molecule has 1 atom stereocenters. The number of anilines is 3. The zero-order valence-corrected chi connectivity index (χ0v) is 15.9. The maximum Gasteiger partial charge on any atom is 0.330 e. The van der Waals surface area contributed by atoms with E-state index in [2.05, 4.69) is 15.3 Å². The van der Waals surface area contributed by atoms with Crippen LogP contribution < -0.4 is 15.1 Å². The van der Waals surface area contributed by atoms with Crippen LogP contribution in [0.15, 0.2) is 30.5 Å². The lowest BCUT2D eigenvalue weighted by molar-refractivity contribution is 0.100. The molecule has 1 aliphatic rings. The predicted molar refractivity (Wildman–Crippen MR) is 104 cm³/mol. The van der Waals surface area contributed by atoms with E-state index in [9.17, 15) is 15.0 Å². The third-order valence-corrected chi connectivity index (χ3v) is 4.37. The SMILES string of the molecule is CC(C)Nc1ncc2c(n1)N(CC(O)CO)C(=O)N(c1ccccc1Cl)C2. The minimum Gasteiger partial charge on any atom is -0.394 e. The first kappa shape index (κ1) is 19.3. The van der Waals surface area contributed by atoms with Crippen molar-refractivity contribution >= 4 is 35.1 Å². The predicted octanol–water partition coefficient (Wildman–Crippen LogP) is 2.25. The van der Waals surface area contributed by atoms with Crippen LogP contribution >= 0.6 is 11.6 Å². The third kappa shape index (κ3) is 4.13. The summed E-state index contributed by atoms with van der Waals surface area (Å²) in [6, 6.07) is 6.79. The summed E-state index contributed by atoms with van der Waals surface area (Å²) in [6.45, 7) is 3.61. The van der Waals surface area contributed by atoms with E-state index in [-0.39, 0.29) is 25.2 Å². The molecule has 0 radical (unpaired) electrons. The summed E-state index contributed by atoms with van der Waals surface area (Å²) in [5, 5.41) is 22.7. The van der Waals surface area contributed by atoms with E-state index >= 15 is 0 Å². The van der Waals surface area contributed by atoms with E-state index in [1.807, 2.05) is 13.8 Å². The maximum atomic E-state index is 13.1. The number of aliphatic hydroxyl groups excluding tert-OH is 2. The van der Waals surface area contributed by atoms with E-state index in [1.165, 1.54) is 9.80 Å². The Hall–Kier alpha value is -2.42. The molecule has 2 amide bonds. The van der Waals surface area contributed by atoms with Crippen molar-refractivity contribution in [3.63, 3.8) is 0 Å². The number of fused-ring (bicyclic) bond motifs is 1. The largest absolute Gasteiger partial charge is 0.394 e. The molecule has 2 aromatic rings. The van der Waals surface area contributed by atoms with Crippen molar-refractivity contribution in [1.82, 2.24) is 9.97 Å². The number of para-hydroxylation sites is 1. The lowest BCUT2D eigenvalue weighted by Crippen LogP contribution is -2.51. The second kappa shape index (κ2) is 8.08. The highest BCUT2D eigenvalue weighted by Crippen LogP contribution is 2.34. The van der Waals surface area contributed by atoms with Gasteiger partial charge in [0.1, 0.15) is 5.82 Å². The smallest absolute Gasteiger partial charge is 0.330 e. The van der Waals surface area contributed by atoms with Gasteiger partial charge in [0, 0.05) is 17.8 Å². The molecule has 9 heteroatoms. The number of nitrogens with one attached hydrogen (secondary N) is 1. The molecule has 8 nitrogen and oxygen atoms in total. The molecule has 0 saturated carbocycles. The van der Waals surface area contributed by atoms with Gasteiger partial charge in [-0.15, -0.1) is 0 Å². The molecule has 3 rings (SSSR count). The number of nitrogens with zero attached hydrogens (tertiary/aromatic N) is 4. The van der Waals surface area contributed by atoms with Crippen molar-refractivity contribution in [2.24, 2.45) is 0 Å². The number of aromatic nitrogens is 2. The van der Waals surface area contributed by atoms with Crippen LogP contribution in [-0.2, 0) is 6.54 Å². The summed E-state index contributed by atoms with van der Waals surface area (Å²) in [7, 11) is 0. The fourth-order valence-corrected chi connectivity index (χ4v) is 3.07. The summed E-state index contributed by atoms with van der Waals surface area (Å²) >= 11 is 6.27. The number of halogens is 1. The van der Waals surface area contributed by atoms with Crippen LogP contribution in [-0.4, -0.2) is 51.5 Å². The van der Waals surface area contributed by atoms with E-state index in [1.54, 1.807) is 30.5 Å². The number of aliphatic hydroxyl groups is 2. The van der Waals surface area contributed by atoms with E-state index < -0.39 is 12.7 Å². The molecule has 1 unspecified atom stereocenters. The summed E-state index contributed by atoms with van der Waals surface area (Å²) < 4.78 is 0. The Morgan fingerprint density at radius 2 is 2.07 bits per heavy atom. The minimum atomic E-state index is -1.09. The van der Waals surface area contributed by atoms with Crippen LogP contribution in [0.3, 0.4) is 0 Å². The fourth-order valence-electron chi connectivity index (χ4n) is 2.84. The molecule has 3 N–H and O–H groups in total. The Bertz CT molecular complexity index is 832. The van der Waals surface area contributed by atoms with Crippen LogP contribution in [0.4, 0.5) is 22.2 Å². The topological polar surface area (TPSA) is 102 Å². The van der Waals surface area contributed by atoms with Crippen LogP contribution in [0.25, 0.3) is 0 Å². The molecule has 27 heavy (non-hydrogen) atoms. The number of β-amino-alcohol motifs (C(OH)–C–C–N with tert-alkyl or cyclic N) is 1. The Kier molecular flexibility index (Phi) is 5.79. The van der Waals surface area contributed by atoms with E-state index in [4.69, 9.17) is 11.6 Å². The van der Waals surface area contributed by atoms with Gasteiger partial charge in [0.25, 0.3) is 0 Å². The fraction of sp³-hybridized carbons (Fsp3) is 0.389. The molecule has 1 aromatic heterocycles. The van der Waals surface area contributed by atoms with Gasteiger partial charge in [0.15, 0.2) is 0 Å². The number of carbonyl (C=O) groups is 1. The Morgan fingerprint density at radius 1 is 1.33 bits per heavy atom. The van der Waals surface area contributed by atoms with Gasteiger partial charge in [-0.3, -0.25) is 9.80 Å². The van der Waals surface area contributed by atoms with Gasteiger partial charge < -0.3 is 15.5 Å². The number of amides is 2. The highest BCUT2D eigenvalue weighted by Gasteiger charge is 2.34. The quantitative estimate of drug-likeness (QED) is 0.698. The summed E-state index contributed by atoms with van der Waals surface area (Å²) in [5.74, 6) is 0.806. The molecular formula is C18H22ClN5O3. The number of rotatable bonds is 6. The maximum absolute atomic E-state index is 13.1. The van der Waals surface area contributed by atoms with E-state index in [0.29, 0.717) is 28.0 Å². The number of carbonyl (C=O) groups excluding carboxylic acids is 1. The van der Waals surface area contributed by atoms with Crippen molar-refractivity contribution in [3.05, 3.63) is 41.0 Å². The van der Waals surface area contributed by atoms with Gasteiger partial charge in [-0.25, -0.2) is 9.78 Å². The van der Waals surface area contributed by atoms with Gasteiger partial charge in [-0.05, 0) is 26.0 Å². The molecule has 0 bridgehead atoms. The molecule has 1 aliphatic heterocycles. The molecule has 2 heterocycles. The van der Waals surface area contributed by atoms with Crippen LogP contribution in [0, 0.1) is 0 Å². The normalized spacial score (nSPS) is 15.1. The first-order chi connectivity index (χ1) is 12.9. The van der Waals surface area contributed by atoms with Crippen molar-refractivity contribution in [3.8, 4) is 0 Å². The zero-order valence-electron chi connectivity index (χ0n) is 15.1. The van der Waals surface area contributed by atoms with Crippen molar-refractivity contribution in [1.29, 1.82) is 0 Å². The first-order valence-electron chi connectivity index (χ1n) is 8.65. The van der Waals surface area contributed by atoms with Crippen LogP contribution in [0.2, 0.25) is 5.02 Å². The van der Waals surface area contributed by atoms with Crippen molar-refractivity contribution in [2.45, 2.75) is 32.5 Å². The average molecular weight is 392 g/mol. The second-order valence-electron chi connectivity index (χ2n) is 6.61. The number of urea groups is 1. The van der Waals surface area contributed by atoms with Gasteiger partial charge >= 0.3 is 6.03 Å². The Morgan fingerprint density at radius 3 is 2.74 bits per heavy atom. The van der Waals surface area contributed by atoms with Crippen LogP contribution in [0.1, 0.15) is 19.4 Å². The molecule has 0 saturated heterocycles. The third-order valence-electron chi connectivity index (χ3n) is 4.05. The van der Waals surface area contributed by atoms with Gasteiger partial charge in [-0.2, -0.15) is 4.98 Å². The molecular weight excluding hydrogens is 370 g/mol. The monoisotopic (exact) mass is 391 g/mol. The Balaban J connectivity index is 2.03. The molecule has 0 spiro atoms. The van der Waals surface area contributed by atoms with Crippen LogP contribution in [0.5, 0.6) is 0 Å². The zero-order chi connectivity index (χ0) is 19.6. The van der Waals surface area contributed by atoms with Gasteiger partial charge in [0.05, 0.1) is 36.5 Å². The lowest BCUT2D eigenvalue weighted by atomic mass is 10.1. The highest BCUT2D eigenvalue weighted by molar-refractivity contribution is 6.34. The van der Waals surface area contributed by atoms with E-state index in [0.717, 1.165) is 0 Å². The molecule has 1 aromatic carbocycles. The number of hydrogen-bond donors (Lipinski definition) is 3. The van der Waals surface area contributed by atoms with Crippen molar-refractivity contribution < 1.29 is 15.0 Å². The van der Waals surface area contributed by atoms with Gasteiger partial charge in [-0.1, -0.05) is 23.7 Å². The van der Waals surface area contributed by atoms with Crippen molar-refractivity contribution in [2.75, 3.05) is 28.3 Å². The summed E-state index contributed by atoms with van der Waals surface area (Å²) in [5.41, 5.74) is 1.27. The Labute approximate surface area is 162 Å². The molecule has 0 aliphatic carbocycles. The standard InChI is InChI=1S/C18H22ClN5O3/c1-11(2)21-17-20-7-12-8-23(15-6-4-3-5-14(15)19)18(27)24(16(12)22-17)9-13(26)10-25/h3-7,11,13,25-26H,8-10H2,1-2H3,(H,20,21,22). The minimum absolute atomic E-state index is 0.0958. The first-order valence-corrected chi connectivity index (χ1v) is 9.03. The number of benzene rings is 1. The average Bonchev–Trinajstić information content (AvgIpc) is 2.64. The number of hydrogen-bond acceptors (Lipinski definition) is 6. The molecule has 0 fully saturated rings. The summed E-state index contributed by atoms with van der Waals surface area (Å²) in [6.07, 6.45) is 0.561. The summed E-state index contributed by atoms with van der Waals surface area (Å²) in [4.78, 5) is 24.8. The highest BCUT2D eigenvalue weighted by atomic mass is 35.5. The second-order valence-corrected chi connectivity index (χ2v) is 7.02. The van der Waals surface area contributed by atoms with Gasteiger partial charge in [0.2, 0.25) is 5.95 Å². The lowest BCUT2D eigenvalue weighted by Gasteiger charge is -2.37.